The first-order chi connectivity index (χ1) is 14.8. The molecule has 0 radical (unpaired) electrons. The molecule has 7 nitrogen and oxygen atoms in total. The van der Waals surface area contributed by atoms with Crippen LogP contribution in [0.1, 0.15) is 33.0 Å². The fourth-order valence-corrected chi connectivity index (χ4v) is 8.01. The van der Waals surface area contributed by atoms with Crippen LogP contribution in [0.2, 0.25) is 0 Å². The molecule has 0 atom stereocenters. The predicted octanol–water partition coefficient (Wildman–Crippen LogP) is 2.62. The largest absolute Gasteiger partial charge is 0.340 e. The second kappa shape index (κ2) is 9.01. The summed E-state index contributed by atoms with van der Waals surface area (Å²) in [5.74, 6) is -0.0732. The molecule has 31 heavy (non-hydrogen) atoms. The number of carbonyl (C=O) groups is 2. The molecule has 2 aromatic heterocycles. The van der Waals surface area contributed by atoms with E-state index in [1.165, 1.54) is 26.1 Å². The number of rotatable bonds is 5. The molecule has 1 saturated heterocycles. The van der Waals surface area contributed by atoms with Crippen LogP contribution >= 0.6 is 22.7 Å². The summed E-state index contributed by atoms with van der Waals surface area (Å²) in [5, 5.41) is 2.06. The second-order valence-electron chi connectivity index (χ2n) is 8.00. The highest BCUT2D eigenvalue weighted by atomic mass is 32.2. The summed E-state index contributed by atoms with van der Waals surface area (Å²) in [5.41, 5.74) is 1.21. The number of sulfonamides is 1. The van der Waals surface area contributed by atoms with Crippen molar-refractivity contribution in [1.82, 2.24) is 14.1 Å². The molecule has 4 rings (SSSR count). The van der Waals surface area contributed by atoms with Gasteiger partial charge in [-0.15, -0.1) is 22.7 Å². The molecule has 2 aliphatic heterocycles. The number of piperazine rings is 1. The molecule has 0 bridgehead atoms. The lowest BCUT2D eigenvalue weighted by molar-refractivity contribution is -0.138. The van der Waals surface area contributed by atoms with E-state index < -0.39 is 10.0 Å². The summed E-state index contributed by atoms with van der Waals surface area (Å²) >= 11 is 3.21. The van der Waals surface area contributed by atoms with Crippen molar-refractivity contribution >= 4 is 44.5 Å². The fourth-order valence-electron chi connectivity index (χ4n) is 4.17. The third-order valence-electron chi connectivity index (χ3n) is 5.92. The molecule has 2 aromatic rings. The summed E-state index contributed by atoms with van der Waals surface area (Å²) in [6.45, 7) is 6.34. The van der Waals surface area contributed by atoms with Gasteiger partial charge in [0.15, 0.2) is 0 Å². The molecule has 1 fully saturated rings. The lowest BCUT2D eigenvalue weighted by atomic mass is 10.1. The molecule has 0 N–H and O–H groups in total. The molecule has 0 unspecified atom stereocenters. The van der Waals surface area contributed by atoms with Crippen LogP contribution in [0.15, 0.2) is 22.4 Å². The first kappa shape index (κ1) is 22.4. The Morgan fingerprint density at radius 1 is 1.00 bits per heavy atom. The van der Waals surface area contributed by atoms with Crippen molar-refractivity contribution in [2.75, 3.05) is 32.7 Å². The number of carbonyl (C=O) groups excluding carboxylic acids is 2. The zero-order chi connectivity index (χ0) is 22.2. The molecular formula is C21H27N3O4S3. The van der Waals surface area contributed by atoms with E-state index in [0.717, 1.165) is 16.2 Å². The van der Waals surface area contributed by atoms with E-state index >= 15 is 0 Å². The molecule has 2 aliphatic rings. The molecule has 2 amide bonds. The van der Waals surface area contributed by atoms with E-state index in [2.05, 4.69) is 11.4 Å². The van der Waals surface area contributed by atoms with Crippen LogP contribution in [0.25, 0.3) is 0 Å². The average molecular weight is 482 g/mol. The van der Waals surface area contributed by atoms with Crippen molar-refractivity contribution in [1.29, 1.82) is 0 Å². The Kier molecular flexibility index (Phi) is 6.52. The second-order valence-corrected chi connectivity index (χ2v) is 12.4. The third kappa shape index (κ3) is 4.72. The van der Waals surface area contributed by atoms with Gasteiger partial charge in [-0.05, 0) is 43.3 Å². The molecule has 0 saturated carbocycles. The van der Waals surface area contributed by atoms with Gasteiger partial charge < -0.3 is 9.80 Å². The van der Waals surface area contributed by atoms with Gasteiger partial charge in [-0.1, -0.05) is 0 Å². The molecule has 10 heteroatoms. The van der Waals surface area contributed by atoms with Crippen molar-refractivity contribution in [2.45, 2.75) is 44.6 Å². The standard InChI is InChI=1S/C21H27N3O4S3/c1-15-13-19(16(2)30-15)31(27,28)24-10-8-22(9-11-24)20(25)3-4-21(26)23-7-5-18-17(14-23)6-12-29-18/h6,12-13H,3-5,7-11,14H2,1-2H3. The minimum atomic E-state index is -3.54. The Hall–Kier alpha value is -1.75. The third-order valence-corrected chi connectivity index (χ3v) is 10.1. The number of nitrogens with zero attached hydrogens (tertiary/aromatic N) is 3. The van der Waals surface area contributed by atoms with Gasteiger partial charge in [0.05, 0.1) is 4.90 Å². The minimum absolute atomic E-state index is 0.00900. The molecule has 0 aromatic carbocycles. The van der Waals surface area contributed by atoms with Crippen LogP contribution in [0.5, 0.6) is 0 Å². The Labute approximate surface area is 191 Å². The van der Waals surface area contributed by atoms with E-state index in [9.17, 15) is 18.0 Å². The predicted molar refractivity (Wildman–Crippen MR) is 122 cm³/mol. The highest BCUT2D eigenvalue weighted by Gasteiger charge is 2.32. The van der Waals surface area contributed by atoms with Gasteiger partial charge in [-0.2, -0.15) is 4.31 Å². The summed E-state index contributed by atoms with van der Waals surface area (Å²) in [7, 11) is -3.54. The highest BCUT2D eigenvalue weighted by molar-refractivity contribution is 7.89. The summed E-state index contributed by atoms with van der Waals surface area (Å²) < 4.78 is 27.3. The van der Waals surface area contributed by atoms with Crippen LogP contribution < -0.4 is 0 Å². The van der Waals surface area contributed by atoms with Crippen LogP contribution in [-0.4, -0.2) is 67.1 Å². The Morgan fingerprint density at radius 2 is 1.68 bits per heavy atom. The van der Waals surface area contributed by atoms with E-state index in [0.29, 0.717) is 31.1 Å². The Balaban J connectivity index is 1.27. The number of thiophene rings is 2. The lowest BCUT2D eigenvalue weighted by Crippen LogP contribution is -2.50. The Bertz CT molecular complexity index is 1080. The van der Waals surface area contributed by atoms with E-state index in [4.69, 9.17) is 0 Å². The number of amides is 2. The van der Waals surface area contributed by atoms with Gasteiger partial charge in [0.1, 0.15) is 0 Å². The van der Waals surface area contributed by atoms with Gasteiger partial charge in [0.2, 0.25) is 21.8 Å². The molecule has 4 heterocycles. The maximum absolute atomic E-state index is 12.9. The van der Waals surface area contributed by atoms with Gasteiger partial charge in [0, 0.05) is 66.7 Å². The highest BCUT2D eigenvalue weighted by Crippen LogP contribution is 2.28. The normalized spacial score (nSPS) is 17.6. The van der Waals surface area contributed by atoms with Crippen LogP contribution in [0.3, 0.4) is 0 Å². The lowest BCUT2D eigenvalue weighted by Gasteiger charge is -2.34. The van der Waals surface area contributed by atoms with Gasteiger partial charge in [-0.3, -0.25) is 9.59 Å². The zero-order valence-corrected chi connectivity index (χ0v) is 20.2. The summed E-state index contributed by atoms with van der Waals surface area (Å²) in [6.07, 6.45) is 1.25. The maximum atomic E-state index is 12.9. The number of aryl methyl sites for hydroxylation is 2. The zero-order valence-electron chi connectivity index (χ0n) is 17.8. The van der Waals surface area contributed by atoms with Crippen molar-refractivity contribution < 1.29 is 18.0 Å². The number of hydrogen-bond donors (Lipinski definition) is 0. The number of fused-ring (bicyclic) bond motifs is 1. The summed E-state index contributed by atoms with van der Waals surface area (Å²) in [4.78, 5) is 32.2. The molecule has 0 spiro atoms. The van der Waals surface area contributed by atoms with Gasteiger partial charge in [0.25, 0.3) is 0 Å². The van der Waals surface area contributed by atoms with Gasteiger partial charge in [-0.25, -0.2) is 8.42 Å². The number of hydrogen-bond acceptors (Lipinski definition) is 6. The van der Waals surface area contributed by atoms with Crippen molar-refractivity contribution in [2.24, 2.45) is 0 Å². The monoisotopic (exact) mass is 481 g/mol. The molecular weight excluding hydrogens is 454 g/mol. The van der Waals surface area contributed by atoms with Crippen molar-refractivity contribution in [3.05, 3.63) is 37.7 Å². The minimum Gasteiger partial charge on any atom is -0.340 e. The van der Waals surface area contributed by atoms with Crippen molar-refractivity contribution in [3.8, 4) is 0 Å². The van der Waals surface area contributed by atoms with Gasteiger partial charge >= 0.3 is 0 Å². The molecule has 168 valence electrons. The first-order valence-corrected chi connectivity index (χ1v) is 13.6. The van der Waals surface area contributed by atoms with Crippen LogP contribution in [0.4, 0.5) is 0 Å². The van der Waals surface area contributed by atoms with Crippen LogP contribution in [0, 0.1) is 13.8 Å². The van der Waals surface area contributed by atoms with Crippen molar-refractivity contribution in [3.63, 3.8) is 0 Å². The quantitative estimate of drug-likeness (QED) is 0.658. The van der Waals surface area contributed by atoms with Crippen LogP contribution in [-0.2, 0) is 32.6 Å². The summed E-state index contributed by atoms with van der Waals surface area (Å²) in [6, 6.07) is 3.79. The maximum Gasteiger partial charge on any atom is 0.244 e. The average Bonchev–Trinajstić information content (AvgIpc) is 3.37. The fraction of sp³-hybridized carbons (Fsp3) is 0.524. The first-order valence-electron chi connectivity index (χ1n) is 10.4. The SMILES string of the molecule is Cc1cc(S(=O)(=O)N2CCN(C(=O)CCC(=O)N3CCc4sccc4C3)CC2)c(C)s1. The van der Waals surface area contributed by atoms with E-state index in [1.807, 2.05) is 18.7 Å². The Morgan fingerprint density at radius 3 is 2.32 bits per heavy atom. The molecule has 0 aliphatic carbocycles. The van der Waals surface area contributed by atoms with E-state index in [1.54, 1.807) is 22.3 Å². The smallest absolute Gasteiger partial charge is 0.244 e. The topological polar surface area (TPSA) is 78.0 Å². The van der Waals surface area contributed by atoms with E-state index in [-0.39, 0.29) is 37.7 Å².